The molecule has 2 aromatic rings. The zero-order chi connectivity index (χ0) is 17.0. The standard InChI is InChI=1S/C17H24N4O2/c1-13-10-15(18-16(22)20(4)12-17(2,3)23)21(19-13)11-14-8-6-5-7-9-14/h5-10,23H,11-12H2,1-4H3,(H,18,22). The molecule has 1 aromatic carbocycles. The maximum atomic E-state index is 12.3. The van der Waals surface area contributed by atoms with E-state index in [-0.39, 0.29) is 12.6 Å². The summed E-state index contributed by atoms with van der Waals surface area (Å²) in [5.41, 5.74) is 1.00. The molecule has 23 heavy (non-hydrogen) atoms. The van der Waals surface area contributed by atoms with E-state index in [9.17, 15) is 9.90 Å². The Balaban J connectivity index is 2.10. The molecule has 0 fully saturated rings. The third-order valence-electron chi connectivity index (χ3n) is 3.28. The molecule has 0 aliphatic heterocycles. The van der Waals surface area contributed by atoms with E-state index in [0.29, 0.717) is 12.4 Å². The predicted molar refractivity (Wildman–Crippen MR) is 90.5 cm³/mol. The molecule has 0 atom stereocenters. The topological polar surface area (TPSA) is 70.4 Å². The molecule has 0 aliphatic carbocycles. The van der Waals surface area contributed by atoms with Crippen molar-refractivity contribution in [1.29, 1.82) is 0 Å². The number of benzene rings is 1. The van der Waals surface area contributed by atoms with E-state index < -0.39 is 5.60 Å². The third kappa shape index (κ3) is 5.10. The first-order chi connectivity index (χ1) is 10.7. The molecule has 124 valence electrons. The average molecular weight is 316 g/mol. The number of urea groups is 1. The minimum atomic E-state index is -0.938. The normalized spacial score (nSPS) is 11.3. The van der Waals surface area contributed by atoms with Crippen molar-refractivity contribution in [3.63, 3.8) is 0 Å². The van der Waals surface area contributed by atoms with Gasteiger partial charge in [0.25, 0.3) is 0 Å². The highest BCUT2D eigenvalue weighted by Crippen LogP contribution is 2.14. The van der Waals surface area contributed by atoms with E-state index in [4.69, 9.17) is 0 Å². The lowest BCUT2D eigenvalue weighted by atomic mass is 10.1. The van der Waals surface area contributed by atoms with Gasteiger partial charge in [-0.1, -0.05) is 30.3 Å². The average Bonchev–Trinajstić information content (AvgIpc) is 2.77. The molecule has 1 aromatic heterocycles. The first kappa shape index (κ1) is 17.0. The first-order valence-corrected chi connectivity index (χ1v) is 7.57. The molecule has 0 unspecified atom stereocenters. The van der Waals surface area contributed by atoms with E-state index in [1.165, 1.54) is 4.90 Å². The van der Waals surface area contributed by atoms with Crippen molar-refractivity contribution in [1.82, 2.24) is 14.7 Å². The summed E-state index contributed by atoms with van der Waals surface area (Å²) in [4.78, 5) is 13.7. The van der Waals surface area contributed by atoms with Crippen molar-refractivity contribution in [2.24, 2.45) is 0 Å². The zero-order valence-corrected chi connectivity index (χ0v) is 14.1. The lowest BCUT2D eigenvalue weighted by Crippen LogP contribution is -2.42. The van der Waals surface area contributed by atoms with Gasteiger partial charge in [0.1, 0.15) is 5.82 Å². The number of nitrogens with zero attached hydrogens (tertiary/aromatic N) is 3. The van der Waals surface area contributed by atoms with E-state index in [1.54, 1.807) is 25.6 Å². The van der Waals surface area contributed by atoms with Crippen LogP contribution in [-0.4, -0.2) is 45.0 Å². The predicted octanol–water partition coefficient (Wildman–Crippen LogP) is 2.47. The maximum Gasteiger partial charge on any atom is 0.322 e. The van der Waals surface area contributed by atoms with Crippen LogP contribution in [0.1, 0.15) is 25.1 Å². The Kier molecular flexibility index (Phi) is 5.05. The fraction of sp³-hybridized carbons (Fsp3) is 0.412. The van der Waals surface area contributed by atoms with Gasteiger partial charge < -0.3 is 10.0 Å². The largest absolute Gasteiger partial charge is 0.389 e. The number of carbonyl (C=O) groups is 1. The van der Waals surface area contributed by atoms with Gasteiger partial charge in [-0.05, 0) is 26.3 Å². The van der Waals surface area contributed by atoms with E-state index in [0.717, 1.165) is 11.3 Å². The monoisotopic (exact) mass is 316 g/mol. The molecule has 0 radical (unpaired) electrons. The lowest BCUT2D eigenvalue weighted by molar-refractivity contribution is 0.0550. The Morgan fingerprint density at radius 3 is 2.61 bits per heavy atom. The molecule has 0 saturated carbocycles. The number of aromatic nitrogens is 2. The van der Waals surface area contributed by atoms with Gasteiger partial charge >= 0.3 is 6.03 Å². The minimum absolute atomic E-state index is 0.241. The van der Waals surface area contributed by atoms with Crippen LogP contribution in [0.15, 0.2) is 36.4 Å². The molecule has 0 aliphatic rings. The number of hydrogen-bond donors (Lipinski definition) is 2. The molecule has 6 heteroatoms. The second kappa shape index (κ2) is 6.83. The van der Waals surface area contributed by atoms with Crippen molar-refractivity contribution in [3.05, 3.63) is 47.7 Å². The van der Waals surface area contributed by atoms with Gasteiger partial charge in [-0.3, -0.25) is 5.32 Å². The molecule has 2 N–H and O–H groups in total. The first-order valence-electron chi connectivity index (χ1n) is 7.57. The number of nitrogens with one attached hydrogen (secondary N) is 1. The number of aliphatic hydroxyl groups is 1. The summed E-state index contributed by atoms with van der Waals surface area (Å²) < 4.78 is 1.76. The number of aryl methyl sites for hydroxylation is 1. The van der Waals surface area contributed by atoms with Gasteiger partial charge in [0, 0.05) is 13.1 Å². The minimum Gasteiger partial charge on any atom is -0.389 e. The smallest absolute Gasteiger partial charge is 0.322 e. The van der Waals surface area contributed by atoms with Crippen molar-refractivity contribution >= 4 is 11.8 Å². The molecule has 0 saturated heterocycles. The van der Waals surface area contributed by atoms with Crippen molar-refractivity contribution in [3.8, 4) is 0 Å². The quantitative estimate of drug-likeness (QED) is 0.890. The van der Waals surface area contributed by atoms with Gasteiger partial charge in [-0.15, -0.1) is 0 Å². The van der Waals surface area contributed by atoms with Crippen molar-refractivity contribution in [2.75, 3.05) is 18.9 Å². The second-order valence-electron chi connectivity index (χ2n) is 6.41. The Bertz CT molecular complexity index is 659. The summed E-state index contributed by atoms with van der Waals surface area (Å²) in [6, 6.07) is 11.5. The highest BCUT2D eigenvalue weighted by Gasteiger charge is 2.20. The van der Waals surface area contributed by atoms with Crippen LogP contribution in [0.5, 0.6) is 0 Å². The summed E-state index contributed by atoms with van der Waals surface area (Å²) in [5.74, 6) is 0.638. The molecular formula is C17H24N4O2. The lowest BCUT2D eigenvalue weighted by Gasteiger charge is -2.25. The van der Waals surface area contributed by atoms with Gasteiger partial charge in [0.2, 0.25) is 0 Å². The van der Waals surface area contributed by atoms with Crippen LogP contribution in [-0.2, 0) is 6.54 Å². The Hall–Kier alpha value is -2.34. The van der Waals surface area contributed by atoms with Crippen LogP contribution in [0.2, 0.25) is 0 Å². The summed E-state index contributed by atoms with van der Waals surface area (Å²) in [6.45, 7) is 6.04. The van der Waals surface area contributed by atoms with Crippen LogP contribution in [0.3, 0.4) is 0 Å². The zero-order valence-electron chi connectivity index (χ0n) is 14.1. The van der Waals surface area contributed by atoms with Crippen molar-refractivity contribution in [2.45, 2.75) is 32.9 Å². The number of carbonyl (C=O) groups excluding carboxylic acids is 1. The Labute approximate surface area is 136 Å². The Morgan fingerprint density at radius 2 is 2.00 bits per heavy atom. The molecule has 1 heterocycles. The van der Waals surface area contributed by atoms with Crippen LogP contribution in [0.25, 0.3) is 0 Å². The third-order valence-corrected chi connectivity index (χ3v) is 3.28. The molecule has 2 amide bonds. The summed E-state index contributed by atoms with van der Waals surface area (Å²) in [6.07, 6.45) is 0. The second-order valence-corrected chi connectivity index (χ2v) is 6.41. The van der Waals surface area contributed by atoms with E-state index in [2.05, 4.69) is 10.4 Å². The van der Waals surface area contributed by atoms with Gasteiger partial charge in [0.15, 0.2) is 0 Å². The van der Waals surface area contributed by atoms with E-state index in [1.807, 2.05) is 43.3 Å². The SMILES string of the molecule is Cc1cc(NC(=O)N(C)CC(C)(C)O)n(Cc2ccccc2)n1. The number of hydrogen-bond acceptors (Lipinski definition) is 3. The highest BCUT2D eigenvalue weighted by atomic mass is 16.3. The maximum absolute atomic E-state index is 12.3. The summed E-state index contributed by atoms with van der Waals surface area (Å²) in [5, 5.41) is 17.1. The molecule has 0 bridgehead atoms. The highest BCUT2D eigenvalue weighted by molar-refractivity contribution is 5.88. The molecule has 6 nitrogen and oxygen atoms in total. The van der Waals surface area contributed by atoms with Crippen LogP contribution < -0.4 is 5.32 Å². The summed E-state index contributed by atoms with van der Waals surface area (Å²) >= 11 is 0. The fourth-order valence-corrected chi connectivity index (χ4v) is 2.38. The van der Waals surface area contributed by atoms with Gasteiger partial charge in [-0.2, -0.15) is 5.10 Å². The molecule has 0 spiro atoms. The number of anilines is 1. The molecule has 2 rings (SSSR count). The van der Waals surface area contributed by atoms with Crippen LogP contribution in [0.4, 0.5) is 10.6 Å². The number of amides is 2. The van der Waals surface area contributed by atoms with Crippen LogP contribution in [0, 0.1) is 6.92 Å². The number of likely N-dealkylation sites (N-methyl/N-ethyl adjacent to an activating group) is 1. The van der Waals surface area contributed by atoms with Crippen LogP contribution >= 0.6 is 0 Å². The summed E-state index contributed by atoms with van der Waals surface area (Å²) in [7, 11) is 1.65. The van der Waals surface area contributed by atoms with E-state index >= 15 is 0 Å². The van der Waals surface area contributed by atoms with Gasteiger partial charge in [-0.25, -0.2) is 9.48 Å². The number of rotatable bonds is 5. The molecular weight excluding hydrogens is 292 g/mol. The Morgan fingerprint density at radius 1 is 1.35 bits per heavy atom. The van der Waals surface area contributed by atoms with Gasteiger partial charge in [0.05, 0.1) is 24.4 Å². The van der Waals surface area contributed by atoms with Crippen molar-refractivity contribution < 1.29 is 9.90 Å². The fourth-order valence-electron chi connectivity index (χ4n) is 2.38.